The van der Waals surface area contributed by atoms with E-state index < -0.39 is 16.0 Å². The Balaban J connectivity index is 1.39. The van der Waals surface area contributed by atoms with E-state index in [0.717, 1.165) is 0 Å². The number of hydrazone groups is 1. The van der Waals surface area contributed by atoms with Crippen molar-refractivity contribution in [2.75, 3.05) is 11.8 Å². The summed E-state index contributed by atoms with van der Waals surface area (Å²) in [4.78, 5) is 24.7. The Morgan fingerprint density at radius 3 is 2.53 bits per heavy atom. The van der Waals surface area contributed by atoms with E-state index in [9.17, 15) is 18.0 Å². The number of furan rings is 1. The Kier molecular flexibility index (Phi) is 5.07. The molecule has 0 saturated heterocycles. The highest BCUT2D eigenvalue weighted by molar-refractivity contribution is 7.89. The van der Waals surface area contributed by atoms with Crippen LogP contribution in [0.5, 0.6) is 5.75 Å². The molecule has 172 valence electrons. The first-order valence-electron chi connectivity index (χ1n) is 9.99. The number of fused-ring (bicyclic) bond motifs is 1. The molecule has 0 saturated carbocycles. The lowest BCUT2D eigenvalue weighted by molar-refractivity contribution is -0.114. The van der Waals surface area contributed by atoms with Gasteiger partial charge in [0.05, 0.1) is 21.9 Å². The Hall–Kier alpha value is -4.22. The van der Waals surface area contributed by atoms with E-state index in [1.165, 1.54) is 29.3 Å². The molecule has 0 atom stereocenters. The Morgan fingerprint density at radius 2 is 1.79 bits per heavy atom. The Labute approximate surface area is 193 Å². The number of benzene rings is 2. The van der Waals surface area contributed by atoms with Gasteiger partial charge in [-0.3, -0.25) is 4.79 Å². The van der Waals surface area contributed by atoms with Crippen LogP contribution < -0.4 is 14.9 Å². The minimum Gasteiger partial charge on any atom is -0.457 e. The summed E-state index contributed by atoms with van der Waals surface area (Å²) in [7, 11) is -3.84. The summed E-state index contributed by atoms with van der Waals surface area (Å²) < 4.78 is 39.0. The van der Waals surface area contributed by atoms with Crippen molar-refractivity contribution < 1.29 is 31.9 Å². The monoisotopic (exact) mass is 479 g/mol. The van der Waals surface area contributed by atoms with Crippen molar-refractivity contribution in [1.82, 2.24) is 0 Å². The van der Waals surface area contributed by atoms with Gasteiger partial charge in [-0.25, -0.2) is 18.4 Å². The number of rotatable bonds is 4. The molecule has 2 aliphatic heterocycles. The smallest absolute Gasteiger partial charge is 0.344 e. The van der Waals surface area contributed by atoms with Gasteiger partial charge in [0.15, 0.2) is 0 Å². The third-order valence-electron chi connectivity index (χ3n) is 5.28. The maximum absolute atomic E-state index is 13.0. The number of primary sulfonamides is 1. The van der Waals surface area contributed by atoms with Crippen LogP contribution in [0.1, 0.15) is 23.0 Å². The van der Waals surface area contributed by atoms with Gasteiger partial charge in [-0.05, 0) is 61.5 Å². The highest BCUT2D eigenvalue weighted by Gasteiger charge is 2.29. The predicted octanol–water partition coefficient (Wildman–Crippen LogP) is 2.91. The van der Waals surface area contributed by atoms with Crippen LogP contribution in [-0.2, 0) is 19.6 Å². The Morgan fingerprint density at radius 1 is 1.03 bits per heavy atom. The summed E-state index contributed by atoms with van der Waals surface area (Å²) in [5, 5.41) is 10.6. The lowest BCUT2D eigenvalue weighted by Gasteiger charge is -2.16. The average Bonchev–Trinajstić information content (AvgIpc) is 3.39. The molecule has 10 nitrogen and oxygen atoms in total. The molecule has 1 aromatic heterocycles. The van der Waals surface area contributed by atoms with Crippen molar-refractivity contribution in [2.24, 2.45) is 10.2 Å². The number of amides is 1. The van der Waals surface area contributed by atoms with Crippen LogP contribution in [0.15, 0.2) is 74.6 Å². The first-order valence-corrected chi connectivity index (χ1v) is 11.5. The van der Waals surface area contributed by atoms with Gasteiger partial charge in [0, 0.05) is 5.56 Å². The summed E-state index contributed by atoms with van der Waals surface area (Å²) in [6, 6.07) is 14.0. The fourth-order valence-corrected chi connectivity index (χ4v) is 4.07. The number of esters is 1. The van der Waals surface area contributed by atoms with Gasteiger partial charge in [0.2, 0.25) is 16.8 Å². The normalized spacial score (nSPS) is 16.8. The molecule has 0 bridgehead atoms. The average molecular weight is 479 g/mol. The molecule has 0 aliphatic carbocycles. The standard InChI is InChI=1S/C23H17N3O7S/c1-13-19(22(27)26(25-13)15-3-6-17(7-4-15)34(24,29)30)11-16-5-9-20(33-16)14-2-8-18-21(10-14)31-12-32-23(18)28/h2-11H,12H2,1H3,(H2,24,29,30)/b19-11-. The molecule has 2 N–H and O–H groups in total. The van der Waals surface area contributed by atoms with E-state index in [1.807, 2.05) is 0 Å². The van der Waals surface area contributed by atoms with E-state index >= 15 is 0 Å². The van der Waals surface area contributed by atoms with Gasteiger partial charge < -0.3 is 13.9 Å². The number of anilines is 1. The number of carbonyl (C=O) groups is 2. The number of carbonyl (C=O) groups excluding carboxylic acids is 2. The van der Waals surface area contributed by atoms with E-state index in [-0.39, 0.29) is 17.6 Å². The number of nitrogens with two attached hydrogens (primary N) is 1. The Bertz CT molecular complexity index is 1500. The van der Waals surface area contributed by atoms with Gasteiger partial charge in [-0.1, -0.05) is 6.07 Å². The highest BCUT2D eigenvalue weighted by atomic mass is 32.2. The third-order valence-corrected chi connectivity index (χ3v) is 6.21. The number of hydrogen-bond acceptors (Lipinski definition) is 8. The quantitative estimate of drug-likeness (QED) is 0.448. The van der Waals surface area contributed by atoms with Gasteiger partial charge in [-0.15, -0.1) is 0 Å². The van der Waals surface area contributed by atoms with E-state index in [0.29, 0.717) is 45.4 Å². The minimum atomic E-state index is -3.84. The molecule has 3 aromatic rings. The van der Waals surface area contributed by atoms with Crippen LogP contribution in [0.25, 0.3) is 17.4 Å². The number of nitrogens with zero attached hydrogens (tertiary/aromatic N) is 2. The third kappa shape index (κ3) is 3.87. The van der Waals surface area contributed by atoms with Crippen molar-refractivity contribution in [1.29, 1.82) is 0 Å². The zero-order valence-electron chi connectivity index (χ0n) is 17.7. The molecule has 5 rings (SSSR count). The highest BCUT2D eigenvalue weighted by Crippen LogP contribution is 2.32. The van der Waals surface area contributed by atoms with Crippen LogP contribution in [0.2, 0.25) is 0 Å². The van der Waals surface area contributed by atoms with Crippen molar-refractivity contribution in [3.63, 3.8) is 0 Å². The molecule has 34 heavy (non-hydrogen) atoms. The van der Waals surface area contributed by atoms with E-state index in [4.69, 9.17) is 19.0 Å². The van der Waals surface area contributed by atoms with Gasteiger partial charge in [0.1, 0.15) is 22.8 Å². The fourth-order valence-electron chi connectivity index (χ4n) is 3.55. The molecular formula is C23H17N3O7S. The molecule has 0 unspecified atom stereocenters. The van der Waals surface area contributed by atoms with Crippen LogP contribution >= 0.6 is 0 Å². The molecule has 3 heterocycles. The molecule has 11 heteroatoms. The second-order valence-electron chi connectivity index (χ2n) is 7.51. The molecule has 2 aliphatic rings. The number of cyclic esters (lactones) is 1. The first kappa shape index (κ1) is 21.6. The fraction of sp³-hybridized carbons (Fsp3) is 0.0870. The van der Waals surface area contributed by atoms with Gasteiger partial charge in [-0.2, -0.15) is 10.1 Å². The predicted molar refractivity (Wildman–Crippen MR) is 121 cm³/mol. The molecular weight excluding hydrogens is 462 g/mol. The summed E-state index contributed by atoms with van der Waals surface area (Å²) in [5.74, 6) is 0.517. The maximum atomic E-state index is 13.0. The van der Waals surface area contributed by atoms with E-state index in [2.05, 4.69) is 5.10 Å². The van der Waals surface area contributed by atoms with Gasteiger partial charge >= 0.3 is 5.97 Å². The van der Waals surface area contributed by atoms with Gasteiger partial charge in [0.25, 0.3) is 5.91 Å². The lowest BCUT2D eigenvalue weighted by Crippen LogP contribution is -2.21. The number of hydrogen-bond donors (Lipinski definition) is 1. The van der Waals surface area contributed by atoms with E-state index in [1.54, 1.807) is 43.3 Å². The second-order valence-corrected chi connectivity index (χ2v) is 9.07. The largest absolute Gasteiger partial charge is 0.457 e. The summed E-state index contributed by atoms with van der Waals surface area (Å²) >= 11 is 0. The topological polar surface area (TPSA) is 142 Å². The summed E-state index contributed by atoms with van der Waals surface area (Å²) in [6.07, 6.45) is 1.58. The van der Waals surface area contributed by atoms with Crippen molar-refractivity contribution in [3.05, 3.63) is 71.5 Å². The van der Waals surface area contributed by atoms with Crippen LogP contribution in [0.4, 0.5) is 5.69 Å². The molecule has 0 spiro atoms. The maximum Gasteiger partial charge on any atom is 0.344 e. The number of sulfonamides is 1. The summed E-state index contributed by atoms with van der Waals surface area (Å²) in [6.45, 7) is 1.54. The zero-order valence-corrected chi connectivity index (χ0v) is 18.5. The molecule has 1 amide bonds. The van der Waals surface area contributed by atoms with Crippen LogP contribution in [0.3, 0.4) is 0 Å². The minimum absolute atomic E-state index is 0.0630. The first-order chi connectivity index (χ1) is 16.2. The molecule has 2 aromatic carbocycles. The zero-order chi connectivity index (χ0) is 24.0. The second kappa shape index (κ2) is 7.97. The van der Waals surface area contributed by atoms with Crippen molar-refractivity contribution in [3.8, 4) is 17.1 Å². The van der Waals surface area contributed by atoms with Crippen LogP contribution in [0, 0.1) is 0 Å². The lowest BCUT2D eigenvalue weighted by atomic mass is 10.1. The SMILES string of the molecule is CC1=NN(c2ccc(S(N)(=O)=O)cc2)C(=O)/C1=C\c1ccc(-c2ccc3c(c2)OCOC3=O)o1. The van der Waals surface area contributed by atoms with Crippen LogP contribution in [-0.4, -0.2) is 32.8 Å². The number of ether oxygens (including phenoxy) is 2. The van der Waals surface area contributed by atoms with Crippen molar-refractivity contribution in [2.45, 2.75) is 11.8 Å². The molecule has 0 radical (unpaired) electrons. The van der Waals surface area contributed by atoms with Crippen molar-refractivity contribution >= 4 is 39.4 Å². The summed E-state index contributed by atoms with van der Waals surface area (Å²) in [5.41, 5.74) is 2.22. The molecule has 0 fully saturated rings.